The minimum absolute atomic E-state index is 0.0379. The van der Waals surface area contributed by atoms with Gasteiger partial charge in [0, 0.05) is 0 Å². The van der Waals surface area contributed by atoms with Crippen LogP contribution in [0.3, 0.4) is 0 Å². The lowest BCUT2D eigenvalue weighted by Crippen LogP contribution is -2.02. The summed E-state index contributed by atoms with van der Waals surface area (Å²) in [5, 5.41) is 8.93. The van der Waals surface area contributed by atoms with Gasteiger partial charge in [0.1, 0.15) is 12.4 Å². The average Bonchev–Trinajstić information content (AvgIpc) is 2.15. The lowest BCUT2D eigenvalue weighted by Gasteiger charge is -2.08. The quantitative estimate of drug-likeness (QED) is 0.803. The fraction of sp³-hybridized carbons (Fsp3) is 0.182. The summed E-state index contributed by atoms with van der Waals surface area (Å²) in [6, 6.07) is 4.64. The van der Waals surface area contributed by atoms with Gasteiger partial charge < -0.3 is 9.84 Å². The van der Waals surface area contributed by atoms with E-state index in [2.05, 4.69) is 6.58 Å². The van der Waals surface area contributed by atoms with Crippen molar-refractivity contribution in [3.63, 3.8) is 0 Å². The summed E-state index contributed by atoms with van der Waals surface area (Å²) in [5.41, 5.74) is 0.877. The summed E-state index contributed by atoms with van der Waals surface area (Å²) in [4.78, 5) is 10.8. The Morgan fingerprint density at radius 1 is 1.60 bits per heavy atom. The zero-order valence-electron chi connectivity index (χ0n) is 8.29. The topological polar surface area (TPSA) is 46.5 Å². The van der Waals surface area contributed by atoms with E-state index in [1.165, 1.54) is 6.07 Å². The second-order valence-electron chi connectivity index (χ2n) is 3.17. The van der Waals surface area contributed by atoms with Crippen LogP contribution in [0.2, 0.25) is 5.02 Å². The predicted octanol–water partition coefficient (Wildman–Crippen LogP) is 2.99. The number of carboxylic acids is 1. The number of ether oxygens (including phenoxy) is 1. The van der Waals surface area contributed by atoms with E-state index in [-0.39, 0.29) is 10.6 Å². The highest BCUT2D eigenvalue weighted by Crippen LogP contribution is 2.28. The Bertz CT molecular complexity index is 399. The SMILES string of the molecule is C=C(C)COc1cccc(C(=O)O)c1Cl. The Hall–Kier alpha value is -1.48. The number of aromatic carboxylic acids is 1. The lowest BCUT2D eigenvalue weighted by molar-refractivity contribution is 0.0696. The smallest absolute Gasteiger partial charge is 0.337 e. The van der Waals surface area contributed by atoms with Crippen molar-refractivity contribution >= 4 is 17.6 Å². The van der Waals surface area contributed by atoms with Crippen LogP contribution in [0.5, 0.6) is 5.75 Å². The van der Waals surface area contributed by atoms with E-state index in [1.807, 2.05) is 6.92 Å². The van der Waals surface area contributed by atoms with E-state index in [0.29, 0.717) is 12.4 Å². The van der Waals surface area contributed by atoms with Crippen LogP contribution in [0.1, 0.15) is 17.3 Å². The number of hydrogen-bond acceptors (Lipinski definition) is 2. The van der Waals surface area contributed by atoms with Gasteiger partial charge in [-0.3, -0.25) is 0 Å². The molecule has 0 aliphatic carbocycles. The molecule has 0 heterocycles. The fourth-order valence-corrected chi connectivity index (χ4v) is 1.25. The van der Waals surface area contributed by atoms with Crippen LogP contribution in [-0.2, 0) is 0 Å². The molecular weight excluding hydrogens is 216 g/mol. The van der Waals surface area contributed by atoms with E-state index in [4.69, 9.17) is 21.4 Å². The van der Waals surface area contributed by atoms with E-state index in [9.17, 15) is 4.79 Å². The van der Waals surface area contributed by atoms with Gasteiger partial charge in [-0.2, -0.15) is 0 Å². The van der Waals surface area contributed by atoms with Gasteiger partial charge in [0.05, 0.1) is 10.6 Å². The van der Waals surface area contributed by atoms with Gasteiger partial charge in [0.25, 0.3) is 0 Å². The molecule has 1 aromatic carbocycles. The molecule has 80 valence electrons. The third kappa shape index (κ3) is 2.99. The van der Waals surface area contributed by atoms with Gasteiger partial charge in [-0.25, -0.2) is 4.79 Å². The van der Waals surface area contributed by atoms with Crippen LogP contribution < -0.4 is 4.74 Å². The zero-order chi connectivity index (χ0) is 11.4. The first-order valence-electron chi connectivity index (χ1n) is 4.31. The second kappa shape index (κ2) is 4.84. The minimum Gasteiger partial charge on any atom is -0.488 e. The molecule has 0 bridgehead atoms. The van der Waals surface area contributed by atoms with Crippen LogP contribution in [0.4, 0.5) is 0 Å². The van der Waals surface area contributed by atoms with Gasteiger partial charge in [-0.05, 0) is 24.6 Å². The maximum atomic E-state index is 10.8. The van der Waals surface area contributed by atoms with Crippen molar-refractivity contribution in [2.75, 3.05) is 6.61 Å². The molecule has 1 rings (SSSR count). The summed E-state index contributed by atoms with van der Waals surface area (Å²) < 4.78 is 5.29. The van der Waals surface area contributed by atoms with E-state index >= 15 is 0 Å². The standard InChI is InChI=1S/C11H11ClO3/c1-7(2)6-15-9-5-3-4-8(10(9)12)11(13)14/h3-5H,1,6H2,2H3,(H,13,14). The molecule has 15 heavy (non-hydrogen) atoms. The Kier molecular flexibility index (Phi) is 3.74. The largest absolute Gasteiger partial charge is 0.488 e. The minimum atomic E-state index is -1.07. The number of rotatable bonds is 4. The first kappa shape index (κ1) is 11.6. The van der Waals surface area contributed by atoms with Crippen molar-refractivity contribution in [1.29, 1.82) is 0 Å². The fourth-order valence-electron chi connectivity index (χ4n) is 0.988. The highest BCUT2D eigenvalue weighted by molar-refractivity contribution is 6.34. The highest BCUT2D eigenvalue weighted by atomic mass is 35.5. The Balaban J connectivity index is 2.94. The first-order valence-corrected chi connectivity index (χ1v) is 4.69. The van der Waals surface area contributed by atoms with Crippen molar-refractivity contribution in [2.45, 2.75) is 6.92 Å². The Morgan fingerprint density at radius 2 is 2.27 bits per heavy atom. The van der Waals surface area contributed by atoms with Gasteiger partial charge >= 0.3 is 5.97 Å². The van der Waals surface area contributed by atoms with Crippen molar-refractivity contribution in [3.8, 4) is 5.75 Å². The number of benzene rings is 1. The number of hydrogen-bond donors (Lipinski definition) is 1. The first-order chi connectivity index (χ1) is 7.02. The molecule has 0 aliphatic heterocycles. The van der Waals surface area contributed by atoms with Crippen LogP contribution in [0.25, 0.3) is 0 Å². The van der Waals surface area contributed by atoms with Crippen LogP contribution >= 0.6 is 11.6 Å². The van der Waals surface area contributed by atoms with E-state index in [1.54, 1.807) is 12.1 Å². The normalized spacial score (nSPS) is 9.73. The van der Waals surface area contributed by atoms with Crippen molar-refractivity contribution in [3.05, 3.63) is 40.9 Å². The van der Waals surface area contributed by atoms with Gasteiger partial charge in [0.15, 0.2) is 0 Å². The van der Waals surface area contributed by atoms with E-state index < -0.39 is 5.97 Å². The summed E-state index contributed by atoms with van der Waals surface area (Å²) in [6.45, 7) is 5.81. The summed E-state index contributed by atoms with van der Waals surface area (Å²) in [5.74, 6) is -0.708. The van der Waals surface area contributed by atoms with Gasteiger partial charge in [-0.1, -0.05) is 24.2 Å². The third-order valence-corrected chi connectivity index (χ3v) is 2.06. The molecule has 0 amide bonds. The van der Waals surface area contributed by atoms with Crippen LogP contribution in [0, 0.1) is 0 Å². The van der Waals surface area contributed by atoms with Gasteiger partial charge in [-0.15, -0.1) is 0 Å². The number of carboxylic acid groups (broad SMARTS) is 1. The average molecular weight is 227 g/mol. The van der Waals surface area contributed by atoms with E-state index in [0.717, 1.165) is 5.57 Å². The molecule has 3 nitrogen and oxygen atoms in total. The molecule has 0 radical (unpaired) electrons. The molecule has 0 aromatic heterocycles. The Labute approximate surface area is 92.9 Å². The number of carbonyl (C=O) groups is 1. The van der Waals surface area contributed by atoms with Crippen LogP contribution in [-0.4, -0.2) is 17.7 Å². The van der Waals surface area contributed by atoms with Crippen molar-refractivity contribution < 1.29 is 14.6 Å². The third-order valence-electron chi connectivity index (χ3n) is 1.67. The predicted molar refractivity (Wildman–Crippen MR) is 58.7 cm³/mol. The molecule has 0 saturated carbocycles. The molecule has 0 atom stereocenters. The molecule has 0 spiro atoms. The summed E-state index contributed by atoms with van der Waals surface area (Å²) >= 11 is 5.85. The molecule has 0 unspecified atom stereocenters. The van der Waals surface area contributed by atoms with Crippen LogP contribution in [0.15, 0.2) is 30.4 Å². The maximum absolute atomic E-state index is 10.8. The molecular formula is C11H11ClO3. The molecule has 0 fully saturated rings. The molecule has 1 N–H and O–H groups in total. The second-order valence-corrected chi connectivity index (χ2v) is 3.55. The maximum Gasteiger partial charge on any atom is 0.337 e. The monoisotopic (exact) mass is 226 g/mol. The molecule has 0 saturated heterocycles. The molecule has 1 aromatic rings. The Morgan fingerprint density at radius 3 is 2.80 bits per heavy atom. The lowest BCUT2D eigenvalue weighted by atomic mass is 10.2. The molecule has 0 aliphatic rings. The molecule has 4 heteroatoms. The number of halogens is 1. The van der Waals surface area contributed by atoms with Gasteiger partial charge in [0.2, 0.25) is 0 Å². The highest BCUT2D eigenvalue weighted by Gasteiger charge is 2.12. The summed E-state index contributed by atoms with van der Waals surface area (Å²) in [6.07, 6.45) is 0. The zero-order valence-corrected chi connectivity index (χ0v) is 9.04. The summed E-state index contributed by atoms with van der Waals surface area (Å²) in [7, 11) is 0. The van der Waals surface area contributed by atoms with Crippen molar-refractivity contribution in [1.82, 2.24) is 0 Å². The van der Waals surface area contributed by atoms with Crippen molar-refractivity contribution in [2.24, 2.45) is 0 Å².